The first-order valence-corrected chi connectivity index (χ1v) is 5.05. The van der Waals surface area contributed by atoms with Crippen molar-refractivity contribution in [2.45, 2.75) is 25.8 Å². The van der Waals surface area contributed by atoms with Gasteiger partial charge in [0.1, 0.15) is 0 Å². The highest BCUT2D eigenvalue weighted by Crippen LogP contribution is 2.07. The van der Waals surface area contributed by atoms with Crippen molar-refractivity contribution < 1.29 is 9.90 Å². The second kappa shape index (κ2) is 6.14. The molecule has 1 aromatic heterocycles. The molecule has 1 aromatic rings. The molecule has 0 aliphatic heterocycles. The van der Waals surface area contributed by atoms with Crippen LogP contribution in [-0.4, -0.2) is 22.6 Å². The van der Waals surface area contributed by atoms with Gasteiger partial charge in [0, 0.05) is 19.2 Å². The summed E-state index contributed by atoms with van der Waals surface area (Å²) < 4.78 is 0. The average molecular weight is 208 g/mol. The van der Waals surface area contributed by atoms with Crippen molar-refractivity contribution in [3.05, 3.63) is 30.1 Å². The van der Waals surface area contributed by atoms with Gasteiger partial charge in [-0.3, -0.25) is 9.78 Å². The number of nitrogens with one attached hydrogen (secondary N) is 1. The third kappa shape index (κ3) is 4.08. The van der Waals surface area contributed by atoms with Gasteiger partial charge in [-0.05, 0) is 25.5 Å². The number of carbonyl (C=O) groups excluding carboxylic acids is 1. The van der Waals surface area contributed by atoms with E-state index in [1.54, 1.807) is 6.20 Å². The zero-order chi connectivity index (χ0) is 11.1. The van der Waals surface area contributed by atoms with E-state index in [4.69, 9.17) is 5.11 Å². The van der Waals surface area contributed by atoms with E-state index in [0.29, 0.717) is 12.8 Å². The molecule has 0 unspecified atom stereocenters. The van der Waals surface area contributed by atoms with Gasteiger partial charge in [0.25, 0.3) is 0 Å². The van der Waals surface area contributed by atoms with Crippen molar-refractivity contribution in [2.75, 3.05) is 6.61 Å². The summed E-state index contributed by atoms with van der Waals surface area (Å²) >= 11 is 0. The lowest BCUT2D eigenvalue weighted by atomic mass is 10.2. The molecule has 0 aromatic carbocycles. The van der Waals surface area contributed by atoms with Crippen molar-refractivity contribution in [1.29, 1.82) is 0 Å². The number of hydrogen-bond acceptors (Lipinski definition) is 3. The number of hydrogen-bond donors (Lipinski definition) is 2. The SMILES string of the molecule is C[C@@H](NC(=O)CCCO)c1ccccn1. The third-order valence-corrected chi connectivity index (χ3v) is 2.07. The molecule has 0 fully saturated rings. The van der Waals surface area contributed by atoms with Crippen molar-refractivity contribution in [3.63, 3.8) is 0 Å². The Bertz CT molecular complexity index is 301. The van der Waals surface area contributed by atoms with Gasteiger partial charge in [-0.2, -0.15) is 0 Å². The average Bonchev–Trinajstić information content (AvgIpc) is 2.27. The Labute approximate surface area is 89.3 Å². The molecule has 0 aliphatic carbocycles. The minimum atomic E-state index is -0.0857. The first-order chi connectivity index (χ1) is 7.24. The number of nitrogens with zero attached hydrogens (tertiary/aromatic N) is 1. The fourth-order valence-electron chi connectivity index (χ4n) is 1.26. The van der Waals surface area contributed by atoms with E-state index < -0.39 is 0 Å². The number of rotatable bonds is 5. The number of aromatic nitrogens is 1. The van der Waals surface area contributed by atoms with Crippen LogP contribution in [0.4, 0.5) is 0 Å². The third-order valence-electron chi connectivity index (χ3n) is 2.07. The van der Waals surface area contributed by atoms with Crippen LogP contribution in [0, 0.1) is 0 Å². The van der Waals surface area contributed by atoms with E-state index >= 15 is 0 Å². The van der Waals surface area contributed by atoms with Gasteiger partial charge in [0.05, 0.1) is 11.7 Å². The van der Waals surface area contributed by atoms with Crippen molar-refractivity contribution in [3.8, 4) is 0 Å². The Morgan fingerprint density at radius 3 is 3.00 bits per heavy atom. The Balaban J connectivity index is 2.42. The summed E-state index contributed by atoms with van der Waals surface area (Å²) in [6.07, 6.45) is 2.56. The molecule has 1 rings (SSSR count). The minimum absolute atomic E-state index is 0.0470. The second-order valence-electron chi connectivity index (χ2n) is 3.37. The highest BCUT2D eigenvalue weighted by molar-refractivity contribution is 5.76. The van der Waals surface area contributed by atoms with Crippen molar-refractivity contribution in [1.82, 2.24) is 10.3 Å². The van der Waals surface area contributed by atoms with Gasteiger partial charge < -0.3 is 10.4 Å². The maximum Gasteiger partial charge on any atom is 0.220 e. The van der Waals surface area contributed by atoms with Gasteiger partial charge in [-0.25, -0.2) is 0 Å². The number of amides is 1. The largest absolute Gasteiger partial charge is 0.396 e. The molecular formula is C11H16N2O2. The Morgan fingerprint density at radius 1 is 1.60 bits per heavy atom. The lowest BCUT2D eigenvalue weighted by Gasteiger charge is -2.12. The van der Waals surface area contributed by atoms with Crippen LogP contribution in [0.3, 0.4) is 0 Å². The van der Waals surface area contributed by atoms with E-state index in [2.05, 4.69) is 10.3 Å². The summed E-state index contributed by atoms with van der Waals surface area (Å²) in [5, 5.41) is 11.4. The smallest absolute Gasteiger partial charge is 0.220 e. The van der Waals surface area contributed by atoms with Crippen LogP contribution < -0.4 is 5.32 Å². The minimum Gasteiger partial charge on any atom is -0.396 e. The maximum absolute atomic E-state index is 11.3. The number of carbonyl (C=O) groups is 1. The van der Waals surface area contributed by atoms with E-state index in [9.17, 15) is 4.79 Å². The Kier molecular flexibility index (Phi) is 4.77. The van der Waals surface area contributed by atoms with Crippen molar-refractivity contribution >= 4 is 5.91 Å². The predicted molar refractivity (Wildman–Crippen MR) is 57.1 cm³/mol. The maximum atomic E-state index is 11.3. The monoisotopic (exact) mass is 208 g/mol. The summed E-state index contributed by atoms with van der Waals surface area (Å²) in [7, 11) is 0. The van der Waals surface area contributed by atoms with Crippen LogP contribution in [-0.2, 0) is 4.79 Å². The Morgan fingerprint density at radius 2 is 2.40 bits per heavy atom. The lowest BCUT2D eigenvalue weighted by Crippen LogP contribution is -2.27. The zero-order valence-corrected chi connectivity index (χ0v) is 8.81. The van der Waals surface area contributed by atoms with Gasteiger partial charge in [-0.1, -0.05) is 6.07 Å². The molecule has 1 heterocycles. The van der Waals surface area contributed by atoms with Gasteiger partial charge >= 0.3 is 0 Å². The highest BCUT2D eigenvalue weighted by atomic mass is 16.3. The molecule has 1 amide bonds. The van der Waals surface area contributed by atoms with Crippen LogP contribution in [0.1, 0.15) is 31.5 Å². The summed E-state index contributed by atoms with van der Waals surface area (Å²) in [5.41, 5.74) is 0.842. The van der Waals surface area contributed by atoms with Crippen LogP contribution >= 0.6 is 0 Å². The quantitative estimate of drug-likeness (QED) is 0.759. The van der Waals surface area contributed by atoms with Crippen LogP contribution in [0.2, 0.25) is 0 Å². The molecule has 4 heteroatoms. The molecule has 1 atom stereocenters. The van der Waals surface area contributed by atoms with Gasteiger partial charge in [0.15, 0.2) is 0 Å². The zero-order valence-electron chi connectivity index (χ0n) is 8.81. The molecule has 4 nitrogen and oxygen atoms in total. The topological polar surface area (TPSA) is 62.2 Å². The van der Waals surface area contributed by atoms with Crippen molar-refractivity contribution in [2.24, 2.45) is 0 Å². The molecule has 0 bridgehead atoms. The van der Waals surface area contributed by atoms with E-state index in [1.165, 1.54) is 0 Å². The summed E-state index contributed by atoms with van der Waals surface area (Å²) in [6.45, 7) is 1.94. The lowest BCUT2D eigenvalue weighted by molar-refractivity contribution is -0.122. The fraction of sp³-hybridized carbons (Fsp3) is 0.455. The summed E-state index contributed by atoms with van der Waals surface area (Å²) in [4.78, 5) is 15.5. The first-order valence-electron chi connectivity index (χ1n) is 5.05. The van der Waals surface area contributed by atoms with E-state index in [0.717, 1.165) is 5.69 Å². The normalized spacial score (nSPS) is 12.1. The molecule has 0 saturated heterocycles. The standard InChI is InChI=1S/C11H16N2O2/c1-9(10-5-2-3-7-12-10)13-11(15)6-4-8-14/h2-3,5,7,9,14H,4,6,8H2,1H3,(H,13,15)/t9-/m1/s1. The van der Waals surface area contributed by atoms with Crippen LogP contribution in [0.25, 0.3) is 0 Å². The molecule has 82 valence electrons. The number of aliphatic hydroxyl groups is 1. The van der Waals surface area contributed by atoms with Gasteiger partial charge in [-0.15, -0.1) is 0 Å². The highest BCUT2D eigenvalue weighted by Gasteiger charge is 2.09. The molecular weight excluding hydrogens is 192 g/mol. The molecule has 15 heavy (non-hydrogen) atoms. The van der Waals surface area contributed by atoms with Crippen LogP contribution in [0.5, 0.6) is 0 Å². The first kappa shape index (κ1) is 11.7. The fourth-order valence-corrected chi connectivity index (χ4v) is 1.26. The summed E-state index contributed by atoms with van der Waals surface area (Å²) in [6, 6.07) is 5.51. The molecule has 0 aliphatic rings. The van der Waals surface area contributed by atoms with Crippen LogP contribution in [0.15, 0.2) is 24.4 Å². The Hall–Kier alpha value is -1.42. The molecule has 0 spiro atoms. The molecule has 0 saturated carbocycles. The number of pyridine rings is 1. The predicted octanol–water partition coefficient (Wildman–Crippen LogP) is 1.03. The van der Waals surface area contributed by atoms with E-state index in [-0.39, 0.29) is 18.6 Å². The van der Waals surface area contributed by atoms with E-state index in [1.807, 2.05) is 25.1 Å². The second-order valence-corrected chi connectivity index (χ2v) is 3.37. The summed E-state index contributed by atoms with van der Waals surface area (Å²) in [5.74, 6) is -0.0535. The number of aliphatic hydroxyl groups excluding tert-OH is 1. The molecule has 2 N–H and O–H groups in total. The molecule has 0 radical (unpaired) electrons. The van der Waals surface area contributed by atoms with Gasteiger partial charge in [0.2, 0.25) is 5.91 Å².